The van der Waals surface area contributed by atoms with Crippen molar-refractivity contribution in [1.29, 1.82) is 0 Å². The summed E-state index contributed by atoms with van der Waals surface area (Å²) in [6.07, 6.45) is 0.0845. The first-order valence-corrected chi connectivity index (χ1v) is 7.32. The summed E-state index contributed by atoms with van der Waals surface area (Å²) in [5.74, 6) is -6.28. The molecule has 0 aliphatic heterocycles. The van der Waals surface area contributed by atoms with Gasteiger partial charge in [-0.05, 0) is 13.3 Å². The maximum atomic E-state index is 14.3. The summed E-state index contributed by atoms with van der Waals surface area (Å²) in [5, 5.41) is 8.82. The van der Waals surface area contributed by atoms with Gasteiger partial charge in [-0.25, -0.2) is 18.0 Å². The second-order valence-corrected chi connectivity index (χ2v) is 5.32. The summed E-state index contributed by atoms with van der Waals surface area (Å²) in [4.78, 5) is 23.9. The van der Waals surface area contributed by atoms with E-state index >= 15 is 0 Å². The molecule has 2 rings (SSSR count). The third-order valence-corrected chi connectivity index (χ3v) is 3.90. The van der Waals surface area contributed by atoms with Crippen LogP contribution in [0, 0.1) is 24.4 Å². The maximum absolute atomic E-state index is 14.3. The lowest BCUT2D eigenvalue weighted by molar-refractivity contribution is 0.0693. The minimum absolute atomic E-state index is 0.0139. The number of nitrogens with zero attached hydrogens (tertiary/aromatic N) is 1. The predicted molar refractivity (Wildman–Crippen MR) is 79.9 cm³/mol. The second kappa shape index (κ2) is 6.23. The van der Waals surface area contributed by atoms with Gasteiger partial charge in [-0.3, -0.25) is 4.79 Å². The van der Waals surface area contributed by atoms with E-state index in [1.54, 1.807) is 6.92 Å². The molecule has 0 atom stereocenters. The molecule has 2 aromatic rings. The number of hydrogen-bond acceptors (Lipinski definition) is 2. The Morgan fingerprint density at radius 1 is 1.22 bits per heavy atom. The molecule has 4 nitrogen and oxygen atoms in total. The van der Waals surface area contributed by atoms with E-state index in [-0.39, 0.29) is 24.5 Å². The summed E-state index contributed by atoms with van der Waals surface area (Å²) in [7, 11) is 0. The van der Waals surface area contributed by atoms with Gasteiger partial charge < -0.3 is 9.67 Å². The normalized spacial score (nSPS) is 11.2. The number of carboxylic acid groups (broad SMARTS) is 1. The lowest BCUT2D eigenvalue weighted by atomic mass is 10.0. The number of carbonyl (C=O) groups is 1. The average Bonchev–Trinajstić information content (AvgIpc) is 2.51. The van der Waals surface area contributed by atoms with Crippen molar-refractivity contribution in [2.45, 2.75) is 26.8 Å². The Bertz CT molecular complexity index is 877. The molecular weight excluding hydrogens is 335 g/mol. The van der Waals surface area contributed by atoms with Crippen LogP contribution in [0.4, 0.5) is 13.2 Å². The van der Waals surface area contributed by atoms with Gasteiger partial charge in [0.05, 0.1) is 10.9 Å². The molecule has 0 amide bonds. The fraction of sp³-hybridized carbons (Fsp3) is 0.333. The standard InChI is InChI=1S/C15H13ClF3NO3/c1-3-7-9(15(22)23)14(21)8-6(2)10(17)11(18)12(19)13(8)20(7)5-4-16/h3-5H2,1-2H3,(H,22,23). The molecule has 8 heteroatoms. The number of aromatic nitrogens is 1. The summed E-state index contributed by atoms with van der Waals surface area (Å²) in [5.41, 5.74) is -2.50. The minimum Gasteiger partial charge on any atom is -0.477 e. The molecule has 1 aromatic carbocycles. The third-order valence-electron chi connectivity index (χ3n) is 3.73. The Balaban J connectivity index is 3.24. The van der Waals surface area contributed by atoms with E-state index in [0.29, 0.717) is 0 Å². The topological polar surface area (TPSA) is 59.3 Å². The van der Waals surface area contributed by atoms with Crippen LogP contribution in [0.15, 0.2) is 4.79 Å². The van der Waals surface area contributed by atoms with Gasteiger partial charge in [-0.1, -0.05) is 6.92 Å². The van der Waals surface area contributed by atoms with Gasteiger partial charge >= 0.3 is 5.97 Å². The maximum Gasteiger partial charge on any atom is 0.341 e. The Morgan fingerprint density at radius 3 is 2.30 bits per heavy atom. The summed E-state index contributed by atoms with van der Waals surface area (Å²) >= 11 is 5.66. The number of alkyl halides is 1. The fourth-order valence-electron chi connectivity index (χ4n) is 2.74. The van der Waals surface area contributed by atoms with Crippen molar-refractivity contribution in [3.05, 3.63) is 44.5 Å². The van der Waals surface area contributed by atoms with Gasteiger partial charge in [0.2, 0.25) is 5.43 Å². The molecule has 0 unspecified atom stereocenters. The van der Waals surface area contributed by atoms with Gasteiger partial charge in [0, 0.05) is 23.7 Å². The highest BCUT2D eigenvalue weighted by Crippen LogP contribution is 2.28. The van der Waals surface area contributed by atoms with Crippen LogP contribution in [-0.2, 0) is 13.0 Å². The van der Waals surface area contributed by atoms with Crippen molar-refractivity contribution in [1.82, 2.24) is 4.57 Å². The van der Waals surface area contributed by atoms with Crippen molar-refractivity contribution >= 4 is 28.5 Å². The molecule has 0 spiro atoms. The number of hydrogen-bond donors (Lipinski definition) is 1. The third kappa shape index (κ3) is 2.49. The van der Waals surface area contributed by atoms with E-state index in [4.69, 9.17) is 11.6 Å². The summed E-state index contributed by atoms with van der Waals surface area (Å²) in [6, 6.07) is 0. The molecule has 1 N–H and O–H groups in total. The highest BCUT2D eigenvalue weighted by Gasteiger charge is 2.27. The van der Waals surface area contributed by atoms with Gasteiger partial charge in [-0.15, -0.1) is 11.6 Å². The summed E-state index contributed by atoms with van der Waals surface area (Å²) < 4.78 is 43.0. The van der Waals surface area contributed by atoms with Crippen LogP contribution in [-0.4, -0.2) is 21.5 Å². The zero-order chi connectivity index (χ0) is 17.5. The Morgan fingerprint density at radius 2 is 1.83 bits per heavy atom. The first kappa shape index (κ1) is 17.3. The number of aromatic carboxylic acids is 1. The number of carboxylic acids is 1. The molecule has 0 saturated heterocycles. The Hall–Kier alpha value is -2.02. The molecule has 0 aliphatic rings. The largest absolute Gasteiger partial charge is 0.477 e. The molecule has 0 bridgehead atoms. The van der Waals surface area contributed by atoms with E-state index in [9.17, 15) is 27.9 Å². The lowest BCUT2D eigenvalue weighted by Gasteiger charge is -2.19. The smallest absolute Gasteiger partial charge is 0.341 e. The molecule has 1 aromatic heterocycles. The first-order valence-electron chi connectivity index (χ1n) is 6.79. The summed E-state index contributed by atoms with van der Waals surface area (Å²) in [6.45, 7) is 2.62. The average molecular weight is 348 g/mol. The first-order chi connectivity index (χ1) is 10.8. The monoisotopic (exact) mass is 347 g/mol. The molecule has 23 heavy (non-hydrogen) atoms. The number of pyridine rings is 1. The SMILES string of the molecule is CCc1c(C(=O)O)c(=O)c2c(C)c(F)c(F)c(F)c2n1CCCl. The van der Waals surface area contributed by atoms with Gasteiger partial charge in [-0.2, -0.15) is 0 Å². The van der Waals surface area contributed by atoms with Crippen LogP contribution in [0.2, 0.25) is 0 Å². The van der Waals surface area contributed by atoms with Crippen LogP contribution >= 0.6 is 11.6 Å². The van der Waals surface area contributed by atoms with Gasteiger partial charge in [0.25, 0.3) is 0 Å². The van der Waals surface area contributed by atoms with E-state index in [0.717, 1.165) is 11.5 Å². The van der Waals surface area contributed by atoms with Crippen LogP contribution in [0.5, 0.6) is 0 Å². The zero-order valence-corrected chi connectivity index (χ0v) is 13.1. The number of benzene rings is 1. The number of rotatable bonds is 4. The van der Waals surface area contributed by atoms with Crippen molar-refractivity contribution in [3.8, 4) is 0 Å². The quantitative estimate of drug-likeness (QED) is 0.682. The molecule has 0 aliphatic carbocycles. The molecule has 0 radical (unpaired) electrons. The molecule has 124 valence electrons. The van der Waals surface area contributed by atoms with E-state index in [1.165, 1.54) is 0 Å². The van der Waals surface area contributed by atoms with E-state index in [1.807, 2.05) is 0 Å². The van der Waals surface area contributed by atoms with Crippen molar-refractivity contribution in [2.75, 3.05) is 5.88 Å². The van der Waals surface area contributed by atoms with Crippen molar-refractivity contribution in [2.24, 2.45) is 0 Å². The minimum atomic E-state index is -1.71. The number of fused-ring (bicyclic) bond motifs is 1. The van der Waals surface area contributed by atoms with Crippen LogP contribution in [0.3, 0.4) is 0 Å². The highest BCUT2D eigenvalue weighted by molar-refractivity contribution is 6.17. The molecular formula is C15H13ClF3NO3. The lowest BCUT2D eigenvalue weighted by Crippen LogP contribution is -2.26. The molecule has 1 heterocycles. The van der Waals surface area contributed by atoms with Crippen LogP contribution in [0.1, 0.15) is 28.5 Å². The van der Waals surface area contributed by atoms with Gasteiger partial charge in [0.15, 0.2) is 17.5 Å². The molecule has 0 fully saturated rings. The highest BCUT2D eigenvalue weighted by atomic mass is 35.5. The number of aryl methyl sites for hydroxylation is 2. The van der Waals surface area contributed by atoms with Gasteiger partial charge in [0.1, 0.15) is 5.56 Å². The van der Waals surface area contributed by atoms with Crippen molar-refractivity contribution in [3.63, 3.8) is 0 Å². The predicted octanol–water partition coefficient (Wildman–Crippen LogP) is 3.23. The van der Waals surface area contributed by atoms with E-state index < -0.39 is 50.9 Å². The number of halogens is 4. The van der Waals surface area contributed by atoms with Crippen LogP contribution < -0.4 is 5.43 Å². The van der Waals surface area contributed by atoms with E-state index in [2.05, 4.69) is 0 Å². The Labute approximate surface area is 134 Å². The molecule has 0 saturated carbocycles. The fourth-order valence-corrected chi connectivity index (χ4v) is 2.91. The van der Waals surface area contributed by atoms with Crippen molar-refractivity contribution < 1.29 is 23.1 Å². The van der Waals surface area contributed by atoms with Crippen LogP contribution in [0.25, 0.3) is 10.9 Å². The Kier molecular flexibility index (Phi) is 4.70. The second-order valence-electron chi connectivity index (χ2n) is 4.94. The zero-order valence-electron chi connectivity index (χ0n) is 12.3.